The molecule has 0 radical (unpaired) electrons. The Hall–Kier alpha value is -1.27. The normalized spacial score (nSPS) is 28.1. The number of carbonyl (C=O) groups excluding carboxylic acids is 1. The Morgan fingerprint density at radius 3 is 2.30 bits per heavy atom. The smallest absolute Gasteiger partial charge is 0.406 e. The highest BCUT2D eigenvalue weighted by molar-refractivity contribution is 5.81. The highest BCUT2D eigenvalue weighted by Gasteiger charge is 2.64. The van der Waals surface area contributed by atoms with Crippen molar-refractivity contribution in [2.45, 2.75) is 44.7 Å². The van der Waals surface area contributed by atoms with Gasteiger partial charge in [-0.3, -0.25) is 9.59 Å². The van der Waals surface area contributed by atoms with Gasteiger partial charge in [0, 0.05) is 19.5 Å². The van der Waals surface area contributed by atoms with Crippen LogP contribution in [0.3, 0.4) is 0 Å². The quantitative estimate of drug-likeness (QED) is 0.869. The summed E-state index contributed by atoms with van der Waals surface area (Å²) in [5.74, 6) is -1.99. The molecule has 0 bridgehead atoms. The Morgan fingerprint density at radius 2 is 1.85 bits per heavy atom. The third-order valence-electron chi connectivity index (χ3n) is 4.51. The van der Waals surface area contributed by atoms with Crippen LogP contribution in [0.2, 0.25) is 0 Å². The van der Waals surface area contributed by atoms with Crippen LogP contribution in [0, 0.1) is 11.3 Å². The summed E-state index contributed by atoms with van der Waals surface area (Å²) >= 11 is 0. The van der Waals surface area contributed by atoms with Gasteiger partial charge >= 0.3 is 12.1 Å². The van der Waals surface area contributed by atoms with E-state index in [0.717, 1.165) is 30.6 Å². The number of halogens is 3. The zero-order chi connectivity index (χ0) is 15.0. The molecule has 0 aromatic carbocycles. The molecule has 1 saturated carbocycles. The van der Waals surface area contributed by atoms with Gasteiger partial charge < -0.3 is 10.0 Å². The Kier molecular flexibility index (Phi) is 3.97. The number of amides is 1. The molecule has 4 nitrogen and oxygen atoms in total. The number of hydrogen-bond donors (Lipinski definition) is 1. The van der Waals surface area contributed by atoms with E-state index < -0.39 is 30.5 Å². The van der Waals surface area contributed by atoms with E-state index in [1.54, 1.807) is 0 Å². The van der Waals surface area contributed by atoms with Gasteiger partial charge in [0.2, 0.25) is 5.91 Å². The van der Waals surface area contributed by atoms with E-state index in [1.807, 2.05) is 0 Å². The summed E-state index contributed by atoms with van der Waals surface area (Å²) < 4.78 is 39.0. The van der Waals surface area contributed by atoms with E-state index in [1.165, 1.54) is 0 Å². The number of carboxylic acid groups (broad SMARTS) is 1. The van der Waals surface area contributed by atoms with Gasteiger partial charge in [0.05, 0.1) is 0 Å². The van der Waals surface area contributed by atoms with Crippen LogP contribution < -0.4 is 0 Å². The topological polar surface area (TPSA) is 57.6 Å². The average molecular weight is 293 g/mol. The Bertz CT molecular complexity index is 404. The summed E-state index contributed by atoms with van der Waals surface area (Å²) in [5.41, 5.74) is -2.79. The maximum absolute atomic E-state index is 13.0. The van der Waals surface area contributed by atoms with Gasteiger partial charge in [-0.05, 0) is 25.2 Å². The summed E-state index contributed by atoms with van der Waals surface area (Å²) in [4.78, 5) is 24.1. The lowest BCUT2D eigenvalue weighted by Crippen LogP contribution is -2.47. The number of likely N-dealkylation sites (tertiary alicyclic amines) is 1. The van der Waals surface area contributed by atoms with Crippen molar-refractivity contribution in [1.82, 2.24) is 4.90 Å². The molecule has 2 fully saturated rings. The number of carboxylic acids is 1. The van der Waals surface area contributed by atoms with Crippen molar-refractivity contribution >= 4 is 11.9 Å². The molecule has 2 rings (SSSR count). The number of rotatable bonds is 3. The lowest BCUT2D eigenvalue weighted by molar-refractivity contribution is -0.227. The molecule has 7 heteroatoms. The van der Waals surface area contributed by atoms with Crippen molar-refractivity contribution < 1.29 is 27.9 Å². The summed E-state index contributed by atoms with van der Waals surface area (Å²) in [7, 11) is 0. The van der Waals surface area contributed by atoms with Crippen LogP contribution in [-0.4, -0.2) is 41.1 Å². The molecule has 1 aliphatic heterocycles. The molecule has 0 spiro atoms. The highest BCUT2D eigenvalue weighted by atomic mass is 19.4. The second-order valence-electron chi connectivity index (χ2n) is 5.80. The van der Waals surface area contributed by atoms with Gasteiger partial charge in [0.1, 0.15) is 0 Å². The molecule has 1 N–H and O–H groups in total. The van der Waals surface area contributed by atoms with Gasteiger partial charge in [0.15, 0.2) is 5.41 Å². The van der Waals surface area contributed by atoms with Gasteiger partial charge in [0.25, 0.3) is 0 Å². The van der Waals surface area contributed by atoms with E-state index in [-0.39, 0.29) is 24.8 Å². The first kappa shape index (κ1) is 15.1. The van der Waals surface area contributed by atoms with E-state index in [0.29, 0.717) is 0 Å². The molecule has 114 valence electrons. The fraction of sp³-hybridized carbons (Fsp3) is 0.846. The molecule has 1 unspecified atom stereocenters. The standard InChI is InChI=1S/C13H18F3NO3/c14-13(15,16)12(11(19)20)5-6-17(8-12)10(18)7-9-3-1-2-4-9/h9H,1-8H2,(H,19,20). The zero-order valence-corrected chi connectivity index (χ0v) is 11.1. The van der Waals surface area contributed by atoms with Crippen molar-refractivity contribution in [3.63, 3.8) is 0 Å². The Balaban J connectivity index is 2.02. The van der Waals surface area contributed by atoms with Crippen molar-refractivity contribution in [2.75, 3.05) is 13.1 Å². The van der Waals surface area contributed by atoms with Crippen LogP contribution in [0.1, 0.15) is 38.5 Å². The lowest BCUT2D eigenvalue weighted by Gasteiger charge is -2.27. The van der Waals surface area contributed by atoms with E-state index in [9.17, 15) is 22.8 Å². The highest BCUT2D eigenvalue weighted by Crippen LogP contribution is 2.46. The van der Waals surface area contributed by atoms with Gasteiger partial charge in [-0.25, -0.2) is 0 Å². The molecule has 2 aliphatic rings. The monoisotopic (exact) mass is 293 g/mol. The fourth-order valence-electron chi connectivity index (χ4n) is 3.14. The van der Waals surface area contributed by atoms with Crippen molar-refractivity contribution in [3.8, 4) is 0 Å². The van der Waals surface area contributed by atoms with Crippen LogP contribution in [0.15, 0.2) is 0 Å². The minimum absolute atomic E-state index is 0.128. The second kappa shape index (κ2) is 5.26. The predicted molar refractivity (Wildman–Crippen MR) is 63.9 cm³/mol. The van der Waals surface area contributed by atoms with Crippen LogP contribution in [-0.2, 0) is 9.59 Å². The summed E-state index contributed by atoms with van der Waals surface area (Å²) in [6, 6.07) is 0. The first-order valence-electron chi connectivity index (χ1n) is 6.84. The molecule has 1 heterocycles. The minimum atomic E-state index is -4.83. The maximum Gasteiger partial charge on any atom is 0.406 e. The van der Waals surface area contributed by atoms with E-state index >= 15 is 0 Å². The molecule has 0 aromatic heterocycles. The molecule has 1 amide bonds. The molecule has 1 aliphatic carbocycles. The van der Waals surface area contributed by atoms with Crippen LogP contribution in [0.4, 0.5) is 13.2 Å². The van der Waals surface area contributed by atoms with Gasteiger partial charge in [-0.1, -0.05) is 12.8 Å². The number of carbonyl (C=O) groups is 2. The molecule has 1 atom stereocenters. The summed E-state index contributed by atoms with van der Waals surface area (Å²) in [6.45, 7) is -0.880. The van der Waals surface area contributed by atoms with Crippen LogP contribution >= 0.6 is 0 Å². The fourth-order valence-corrected chi connectivity index (χ4v) is 3.14. The zero-order valence-electron chi connectivity index (χ0n) is 11.1. The number of alkyl halides is 3. The molecule has 20 heavy (non-hydrogen) atoms. The summed E-state index contributed by atoms with van der Waals surface area (Å²) in [6.07, 6.45) is -1.16. The number of aliphatic carboxylic acids is 1. The predicted octanol–water partition coefficient (Wildman–Crippen LogP) is 2.43. The second-order valence-corrected chi connectivity index (χ2v) is 5.80. The summed E-state index contributed by atoms with van der Waals surface area (Å²) in [5, 5.41) is 8.93. The van der Waals surface area contributed by atoms with Crippen LogP contribution in [0.25, 0.3) is 0 Å². The molecular weight excluding hydrogens is 275 g/mol. The average Bonchev–Trinajstić information content (AvgIpc) is 2.96. The number of nitrogens with zero attached hydrogens (tertiary/aromatic N) is 1. The molecule has 1 saturated heterocycles. The SMILES string of the molecule is O=C(CC1CCCC1)N1CCC(C(=O)O)(C(F)(F)F)C1. The largest absolute Gasteiger partial charge is 0.481 e. The molecule has 0 aromatic rings. The Morgan fingerprint density at radius 1 is 1.25 bits per heavy atom. The lowest BCUT2D eigenvalue weighted by atomic mass is 9.86. The number of hydrogen-bond acceptors (Lipinski definition) is 2. The van der Waals surface area contributed by atoms with E-state index in [4.69, 9.17) is 5.11 Å². The molecular formula is C13H18F3NO3. The third-order valence-corrected chi connectivity index (χ3v) is 4.51. The third kappa shape index (κ3) is 2.62. The van der Waals surface area contributed by atoms with Crippen molar-refractivity contribution in [3.05, 3.63) is 0 Å². The van der Waals surface area contributed by atoms with Crippen molar-refractivity contribution in [1.29, 1.82) is 0 Å². The van der Waals surface area contributed by atoms with Gasteiger partial charge in [-0.2, -0.15) is 13.2 Å². The first-order chi connectivity index (χ1) is 9.26. The van der Waals surface area contributed by atoms with E-state index in [2.05, 4.69) is 0 Å². The van der Waals surface area contributed by atoms with Crippen molar-refractivity contribution in [2.24, 2.45) is 11.3 Å². The minimum Gasteiger partial charge on any atom is -0.481 e. The first-order valence-corrected chi connectivity index (χ1v) is 6.84. The maximum atomic E-state index is 13.0. The Labute approximate surface area is 114 Å². The van der Waals surface area contributed by atoms with Crippen LogP contribution in [0.5, 0.6) is 0 Å². The van der Waals surface area contributed by atoms with Gasteiger partial charge in [-0.15, -0.1) is 0 Å².